The highest BCUT2D eigenvalue weighted by Gasteiger charge is 2.09. The van der Waals surface area contributed by atoms with Gasteiger partial charge in [-0.25, -0.2) is 0 Å². The summed E-state index contributed by atoms with van der Waals surface area (Å²) >= 11 is 0. The number of nitrogens with zero attached hydrogens (tertiary/aromatic N) is 3. The Morgan fingerprint density at radius 2 is 1.14 bits per heavy atom. The van der Waals surface area contributed by atoms with Crippen LogP contribution >= 0.6 is 0 Å². The number of benzene rings is 2. The number of amides is 1. The number of fused-ring (bicyclic) bond motifs is 2. The van der Waals surface area contributed by atoms with Crippen molar-refractivity contribution in [1.82, 2.24) is 30.2 Å². The number of hydrogen-bond acceptors (Lipinski definition) is 7. The molecule has 3 heterocycles. The van der Waals surface area contributed by atoms with E-state index in [9.17, 15) is 4.79 Å². The summed E-state index contributed by atoms with van der Waals surface area (Å²) in [4.78, 5) is 31.4. The lowest BCUT2D eigenvalue weighted by Gasteiger charge is -2.11. The number of para-hydroxylation sites is 2. The smallest absolute Gasteiger partial charge is 0.229 e. The molecule has 0 aliphatic heterocycles. The van der Waals surface area contributed by atoms with Gasteiger partial charge in [-0.1, -0.05) is 36.4 Å². The van der Waals surface area contributed by atoms with Crippen molar-refractivity contribution < 1.29 is 4.79 Å². The van der Waals surface area contributed by atoms with Crippen LogP contribution in [0, 0.1) is 0 Å². The van der Waals surface area contributed by atoms with E-state index in [2.05, 4.69) is 70.5 Å². The van der Waals surface area contributed by atoms with Crippen LogP contribution in [0.2, 0.25) is 0 Å². The maximum atomic E-state index is 11.2. The first-order valence-corrected chi connectivity index (χ1v) is 12.5. The summed E-state index contributed by atoms with van der Waals surface area (Å²) in [5.41, 5.74) is 4.74. The van der Waals surface area contributed by atoms with E-state index < -0.39 is 0 Å². The number of rotatable bonds is 12. The Labute approximate surface area is 214 Å². The van der Waals surface area contributed by atoms with Gasteiger partial charge in [0, 0.05) is 67.3 Å². The molecule has 0 radical (unpaired) electrons. The quantitative estimate of drug-likeness (QED) is 0.145. The molecule has 0 aliphatic carbocycles. The highest BCUT2D eigenvalue weighted by molar-refractivity contribution is 5.83. The monoisotopic (exact) mass is 497 g/mol. The molecular formula is C27H31N9O. The number of nitrogens with one attached hydrogen (secondary N) is 6. The fourth-order valence-corrected chi connectivity index (χ4v) is 4.32. The largest absolute Gasteiger partial charge is 0.361 e. The van der Waals surface area contributed by atoms with Crippen LogP contribution in [-0.4, -0.2) is 57.0 Å². The van der Waals surface area contributed by atoms with Gasteiger partial charge in [0.2, 0.25) is 23.8 Å². The second kappa shape index (κ2) is 11.4. The van der Waals surface area contributed by atoms with Gasteiger partial charge >= 0.3 is 0 Å². The molecule has 1 amide bonds. The predicted octanol–water partition coefficient (Wildman–Crippen LogP) is 3.69. The molecule has 0 spiro atoms. The van der Waals surface area contributed by atoms with Gasteiger partial charge in [-0.3, -0.25) is 4.79 Å². The molecule has 2 aromatic carbocycles. The van der Waals surface area contributed by atoms with Crippen molar-refractivity contribution in [2.75, 3.05) is 42.1 Å². The summed E-state index contributed by atoms with van der Waals surface area (Å²) < 4.78 is 0. The molecule has 5 aromatic rings. The topological polar surface area (TPSA) is 135 Å². The number of anilines is 3. The number of carbonyl (C=O) groups is 1. The van der Waals surface area contributed by atoms with Crippen molar-refractivity contribution in [1.29, 1.82) is 0 Å². The van der Waals surface area contributed by atoms with E-state index in [0.29, 0.717) is 44.0 Å². The second-order valence-electron chi connectivity index (χ2n) is 8.79. The van der Waals surface area contributed by atoms with Gasteiger partial charge < -0.3 is 31.2 Å². The molecule has 37 heavy (non-hydrogen) atoms. The minimum absolute atomic E-state index is 0.0725. The van der Waals surface area contributed by atoms with Crippen molar-refractivity contribution in [3.05, 3.63) is 72.1 Å². The lowest BCUT2D eigenvalue weighted by atomic mass is 10.1. The third-order valence-corrected chi connectivity index (χ3v) is 6.12. The summed E-state index contributed by atoms with van der Waals surface area (Å²) in [6.45, 7) is 3.83. The molecule has 0 saturated heterocycles. The van der Waals surface area contributed by atoms with Crippen LogP contribution in [0.1, 0.15) is 18.1 Å². The van der Waals surface area contributed by atoms with Crippen LogP contribution in [0.25, 0.3) is 21.8 Å². The number of aromatic nitrogens is 5. The van der Waals surface area contributed by atoms with Gasteiger partial charge in [0.1, 0.15) is 0 Å². The van der Waals surface area contributed by atoms with Crippen LogP contribution in [0.3, 0.4) is 0 Å². The molecule has 0 atom stereocenters. The first-order valence-electron chi connectivity index (χ1n) is 12.5. The molecule has 6 N–H and O–H groups in total. The number of H-pyrrole nitrogens is 2. The Morgan fingerprint density at radius 1 is 0.676 bits per heavy atom. The molecule has 0 saturated carbocycles. The Balaban J connectivity index is 1.23. The maximum Gasteiger partial charge on any atom is 0.229 e. The normalized spacial score (nSPS) is 11.1. The van der Waals surface area contributed by atoms with E-state index in [1.54, 1.807) is 0 Å². The maximum absolute atomic E-state index is 11.2. The van der Waals surface area contributed by atoms with Crippen LogP contribution in [0.5, 0.6) is 0 Å². The molecule has 0 aliphatic rings. The van der Waals surface area contributed by atoms with Gasteiger partial charge in [0.05, 0.1) is 0 Å². The highest BCUT2D eigenvalue weighted by atomic mass is 16.1. The third-order valence-electron chi connectivity index (χ3n) is 6.12. The number of hydrogen-bond donors (Lipinski definition) is 6. The summed E-state index contributed by atoms with van der Waals surface area (Å²) in [5, 5.41) is 15.0. The van der Waals surface area contributed by atoms with Gasteiger partial charge in [-0.2, -0.15) is 15.0 Å². The van der Waals surface area contributed by atoms with Crippen LogP contribution < -0.4 is 21.3 Å². The van der Waals surface area contributed by atoms with Crippen molar-refractivity contribution >= 4 is 45.6 Å². The van der Waals surface area contributed by atoms with E-state index in [1.165, 1.54) is 28.8 Å². The standard InChI is InChI=1S/C27H31N9O/c1-18(37)28-14-15-31-27-35-25(29-12-10-19-16-32-23-8-4-2-6-21(19)23)34-26(36-27)30-13-11-20-17-33-24-9-5-3-7-22(20)24/h2-9,16-17,32-33H,10-15H2,1H3,(H,28,37)(H3,29,30,31,34,35,36). The van der Waals surface area contributed by atoms with Crippen molar-refractivity contribution in [3.63, 3.8) is 0 Å². The lowest BCUT2D eigenvalue weighted by Crippen LogP contribution is -2.27. The number of carbonyl (C=O) groups excluding carboxylic acids is 1. The molecule has 190 valence electrons. The van der Waals surface area contributed by atoms with E-state index in [4.69, 9.17) is 0 Å². The zero-order valence-corrected chi connectivity index (χ0v) is 20.8. The zero-order valence-electron chi connectivity index (χ0n) is 20.8. The molecule has 10 heteroatoms. The summed E-state index contributed by atoms with van der Waals surface area (Å²) in [5.74, 6) is 1.36. The second-order valence-corrected chi connectivity index (χ2v) is 8.79. The molecule has 0 bridgehead atoms. The molecule has 3 aromatic heterocycles. The highest BCUT2D eigenvalue weighted by Crippen LogP contribution is 2.19. The molecule has 0 unspecified atom stereocenters. The van der Waals surface area contributed by atoms with Crippen molar-refractivity contribution in [2.45, 2.75) is 19.8 Å². The van der Waals surface area contributed by atoms with E-state index in [1.807, 2.05) is 36.7 Å². The van der Waals surface area contributed by atoms with Crippen molar-refractivity contribution in [3.8, 4) is 0 Å². The van der Waals surface area contributed by atoms with Gasteiger partial charge in [-0.15, -0.1) is 0 Å². The Hall–Kier alpha value is -4.60. The van der Waals surface area contributed by atoms with E-state index in [0.717, 1.165) is 23.9 Å². The average molecular weight is 498 g/mol. The van der Waals surface area contributed by atoms with Gasteiger partial charge in [0.25, 0.3) is 0 Å². The van der Waals surface area contributed by atoms with Gasteiger partial charge in [-0.05, 0) is 36.1 Å². The predicted molar refractivity (Wildman–Crippen MR) is 148 cm³/mol. The zero-order chi connectivity index (χ0) is 25.5. The van der Waals surface area contributed by atoms with E-state index >= 15 is 0 Å². The number of aromatic amines is 2. The van der Waals surface area contributed by atoms with Gasteiger partial charge in [0.15, 0.2) is 0 Å². The van der Waals surface area contributed by atoms with Crippen LogP contribution in [0.4, 0.5) is 17.8 Å². The molecule has 10 nitrogen and oxygen atoms in total. The van der Waals surface area contributed by atoms with Crippen LogP contribution in [0.15, 0.2) is 60.9 Å². The third kappa shape index (κ3) is 6.16. The Bertz CT molecular complexity index is 1390. The average Bonchev–Trinajstić information content (AvgIpc) is 3.51. The Morgan fingerprint density at radius 3 is 1.62 bits per heavy atom. The SMILES string of the molecule is CC(=O)NCCNc1nc(NCCc2c[nH]c3ccccc23)nc(NCCc2c[nH]c3ccccc23)n1. The minimum Gasteiger partial charge on any atom is -0.361 e. The van der Waals surface area contributed by atoms with Crippen LogP contribution in [-0.2, 0) is 17.6 Å². The molecular weight excluding hydrogens is 466 g/mol. The Kier molecular flexibility index (Phi) is 7.44. The van der Waals surface area contributed by atoms with Crippen molar-refractivity contribution in [2.24, 2.45) is 0 Å². The molecule has 0 fully saturated rings. The minimum atomic E-state index is -0.0725. The molecule has 5 rings (SSSR count). The summed E-state index contributed by atoms with van der Waals surface area (Å²) in [6, 6.07) is 16.5. The summed E-state index contributed by atoms with van der Waals surface area (Å²) in [6.07, 6.45) is 5.74. The fraction of sp³-hybridized carbons (Fsp3) is 0.259. The summed E-state index contributed by atoms with van der Waals surface area (Å²) in [7, 11) is 0. The first-order chi connectivity index (χ1) is 18.2. The van der Waals surface area contributed by atoms with E-state index in [-0.39, 0.29) is 5.91 Å². The fourth-order valence-electron chi connectivity index (χ4n) is 4.32. The lowest BCUT2D eigenvalue weighted by molar-refractivity contribution is -0.118. The first kappa shape index (κ1) is 24.1.